The monoisotopic (exact) mass is 319 g/mol. The maximum Gasteiger partial charge on any atom is 0.231 e. The largest absolute Gasteiger partial charge is 0.312 e. The first-order valence-corrected chi connectivity index (χ1v) is 7.73. The van der Waals surface area contributed by atoms with Crippen LogP contribution in [-0.4, -0.2) is 12.5 Å². The molecule has 0 spiro atoms. The van der Waals surface area contributed by atoms with E-state index in [1.54, 1.807) is 18.2 Å². The second kappa shape index (κ2) is 6.08. The van der Waals surface area contributed by atoms with Gasteiger partial charge in [-0.25, -0.2) is 0 Å². The molecular weight excluding hydrogens is 305 g/mol. The minimum atomic E-state index is 0.0390. The maximum absolute atomic E-state index is 12.6. The van der Waals surface area contributed by atoms with Gasteiger partial charge in [-0.3, -0.25) is 4.79 Å². The number of rotatable bonds is 2. The van der Waals surface area contributed by atoms with Crippen molar-refractivity contribution in [1.29, 1.82) is 0 Å². The number of halogens is 2. The number of nitrogens with zero attached hydrogens (tertiary/aromatic N) is 1. The number of hydrogen-bond donors (Lipinski definition) is 0. The zero-order valence-corrected chi connectivity index (χ0v) is 13.0. The Morgan fingerprint density at radius 3 is 2.52 bits per heavy atom. The van der Waals surface area contributed by atoms with E-state index in [9.17, 15) is 4.79 Å². The maximum atomic E-state index is 12.6. The highest BCUT2D eigenvalue weighted by molar-refractivity contribution is 6.36. The minimum Gasteiger partial charge on any atom is -0.312 e. The van der Waals surface area contributed by atoms with E-state index in [0.29, 0.717) is 15.6 Å². The summed E-state index contributed by atoms with van der Waals surface area (Å²) in [7, 11) is 0. The molecule has 0 aromatic heterocycles. The van der Waals surface area contributed by atoms with Crippen molar-refractivity contribution in [1.82, 2.24) is 0 Å². The molecule has 0 aliphatic carbocycles. The first-order valence-electron chi connectivity index (χ1n) is 6.98. The number of fused-ring (bicyclic) bond motifs is 1. The summed E-state index contributed by atoms with van der Waals surface area (Å²) in [5, 5.41) is 1.09. The summed E-state index contributed by atoms with van der Waals surface area (Å²) in [5.41, 5.74) is 2.94. The van der Waals surface area contributed by atoms with Gasteiger partial charge in [-0.1, -0.05) is 47.5 Å². The molecule has 21 heavy (non-hydrogen) atoms. The number of para-hydroxylation sites is 1. The normalized spacial score (nSPS) is 13.9. The summed E-state index contributed by atoms with van der Waals surface area (Å²) in [6, 6.07) is 13.4. The van der Waals surface area contributed by atoms with Gasteiger partial charge >= 0.3 is 0 Å². The second-order valence-corrected chi connectivity index (χ2v) is 5.97. The van der Waals surface area contributed by atoms with Crippen molar-refractivity contribution in [3.8, 4) is 0 Å². The summed E-state index contributed by atoms with van der Waals surface area (Å²) in [6.07, 6.45) is 2.23. The molecule has 1 amide bonds. The van der Waals surface area contributed by atoms with Crippen LogP contribution in [-0.2, 0) is 17.6 Å². The standard InChI is InChI=1S/C17H15Cl2NO/c18-14-7-3-8-15(19)13(14)11-17(21)20-10-4-6-12-5-1-2-9-16(12)20/h1-3,5,7-9H,4,6,10-11H2. The topological polar surface area (TPSA) is 20.3 Å². The molecule has 2 aromatic rings. The number of aryl methyl sites for hydroxylation is 1. The Kier molecular flexibility index (Phi) is 4.18. The van der Waals surface area contributed by atoms with Crippen molar-refractivity contribution in [2.75, 3.05) is 11.4 Å². The van der Waals surface area contributed by atoms with E-state index >= 15 is 0 Å². The van der Waals surface area contributed by atoms with Crippen LogP contribution in [0.5, 0.6) is 0 Å². The second-order valence-electron chi connectivity index (χ2n) is 5.15. The van der Waals surface area contributed by atoms with E-state index in [1.165, 1.54) is 5.56 Å². The van der Waals surface area contributed by atoms with Crippen LogP contribution in [0.25, 0.3) is 0 Å². The Balaban J connectivity index is 1.87. The predicted octanol–water partition coefficient (Wildman–Crippen LogP) is 4.52. The van der Waals surface area contributed by atoms with Crippen molar-refractivity contribution in [3.05, 3.63) is 63.6 Å². The van der Waals surface area contributed by atoms with Gasteiger partial charge in [0.1, 0.15) is 0 Å². The third-order valence-corrected chi connectivity index (χ3v) is 4.51. The molecule has 1 aliphatic rings. The van der Waals surface area contributed by atoms with E-state index in [0.717, 1.165) is 25.1 Å². The summed E-state index contributed by atoms with van der Waals surface area (Å²) < 4.78 is 0. The van der Waals surface area contributed by atoms with Gasteiger partial charge in [0.05, 0.1) is 6.42 Å². The molecule has 0 bridgehead atoms. The fourth-order valence-electron chi connectivity index (χ4n) is 2.74. The Morgan fingerprint density at radius 1 is 1.05 bits per heavy atom. The van der Waals surface area contributed by atoms with Gasteiger partial charge in [-0.05, 0) is 42.2 Å². The van der Waals surface area contributed by atoms with Crippen LogP contribution in [0.4, 0.5) is 5.69 Å². The van der Waals surface area contributed by atoms with Crippen molar-refractivity contribution < 1.29 is 4.79 Å². The van der Waals surface area contributed by atoms with Crippen LogP contribution in [0, 0.1) is 0 Å². The van der Waals surface area contributed by atoms with Crippen molar-refractivity contribution in [2.24, 2.45) is 0 Å². The minimum absolute atomic E-state index is 0.0390. The Bertz CT molecular complexity index is 664. The number of hydrogen-bond acceptors (Lipinski definition) is 1. The molecule has 0 N–H and O–H groups in total. The number of anilines is 1. The lowest BCUT2D eigenvalue weighted by Gasteiger charge is -2.29. The van der Waals surface area contributed by atoms with Crippen LogP contribution in [0.1, 0.15) is 17.5 Å². The zero-order chi connectivity index (χ0) is 14.8. The molecular formula is C17H15Cl2NO. The summed E-state index contributed by atoms with van der Waals surface area (Å²) in [4.78, 5) is 14.5. The van der Waals surface area contributed by atoms with Crippen molar-refractivity contribution in [3.63, 3.8) is 0 Å². The molecule has 1 aliphatic heterocycles. The first-order chi connectivity index (χ1) is 10.2. The van der Waals surface area contributed by atoms with Crippen LogP contribution < -0.4 is 4.90 Å². The molecule has 2 nitrogen and oxygen atoms in total. The SMILES string of the molecule is O=C(Cc1c(Cl)cccc1Cl)N1CCCc2ccccc21. The Labute approximate surface area is 134 Å². The first kappa shape index (κ1) is 14.4. The number of carbonyl (C=O) groups excluding carboxylic acids is 1. The molecule has 4 heteroatoms. The van der Waals surface area contributed by atoms with Crippen LogP contribution in [0.15, 0.2) is 42.5 Å². The molecule has 0 atom stereocenters. The van der Waals surface area contributed by atoms with E-state index < -0.39 is 0 Å². The smallest absolute Gasteiger partial charge is 0.231 e. The molecule has 0 radical (unpaired) electrons. The van der Waals surface area contributed by atoms with Gasteiger partial charge in [0.25, 0.3) is 0 Å². The van der Waals surface area contributed by atoms with Crippen LogP contribution in [0.3, 0.4) is 0 Å². The van der Waals surface area contributed by atoms with Gasteiger partial charge in [0.2, 0.25) is 5.91 Å². The molecule has 0 unspecified atom stereocenters. The van der Waals surface area contributed by atoms with E-state index in [1.807, 2.05) is 23.1 Å². The number of amides is 1. The molecule has 0 fully saturated rings. The quantitative estimate of drug-likeness (QED) is 0.797. The number of benzene rings is 2. The van der Waals surface area contributed by atoms with E-state index in [2.05, 4.69) is 6.07 Å². The highest BCUT2D eigenvalue weighted by Crippen LogP contribution is 2.29. The van der Waals surface area contributed by atoms with Gasteiger partial charge in [0.15, 0.2) is 0 Å². The average molecular weight is 320 g/mol. The third-order valence-electron chi connectivity index (χ3n) is 3.80. The lowest BCUT2D eigenvalue weighted by molar-refractivity contribution is -0.118. The summed E-state index contributed by atoms with van der Waals surface area (Å²) >= 11 is 12.3. The summed E-state index contributed by atoms with van der Waals surface area (Å²) in [6.45, 7) is 0.748. The van der Waals surface area contributed by atoms with E-state index in [4.69, 9.17) is 23.2 Å². The predicted molar refractivity (Wildman–Crippen MR) is 87.3 cm³/mol. The van der Waals surface area contributed by atoms with Gasteiger partial charge in [-0.15, -0.1) is 0 Å². The molecule has 1 heterocycles. The molecule has 0 saturated carbocycles. The Hall–Kier alpha value is -1.51. The average Bonchev–Trinajstić information content (AvgIpc) is 2.50. The van der Waals surface area contributed by atoms with Crippen LogP contribution in [0.2, 0.25) is 10.0 Å². The highest BCUT2D eigenvalue weighted by Gasteiger charge is 2.23. The third kappa shape index (κ3) is 2.92. The van der Waals surface area contributed by atoms with Gasteiger partial charge in [0, 0.05) is 22.3 Å². The number of carbonyl (C=O) groups is 1. The van der Waals surface area contributed by atoms with Crippen molar-refractivity contribution >= 4 is 34.8 Å². The summed E-state index contributed by atoms with van der Waals surface area (Å²) in [5.74, 6) is 0.0390. The molecule has 0 saturated heterocycles. The zero-order valence-electron chi connectivity index (χ0n) is 11.5. The lowest BCUT2D eigenvalue weighted by Crippen LogP contribution is -2.36. The van der Waals surface area contributed by atoms with E-state index in [-0.39, 0.29) is 12.3 Å². The van der Waals surface area contributed by atoms with Gasteiger partial charge in [-0.2, -0.15) is 0 Å². The molecule has 3 rings (SSSR count). The Morgan fingerprint density at radius 2 is 1.76 bits per heavy atom. The van der Waals surface area contributed by atoms with Crippen molar-refractivity contribution in [2.45, 2.75) is 19.3 Å². The fourth-order valence-corrected chi connectivity index (χ4v) is 3.27. The highest BCUT2D eigenvalue weighted by atomic mass is 35.5. The lowest BCUT2D eigenvalue weighted by atomic mass is 10.0. The fraction of sp³-hybridized carbons (Fsp3) is 0.235. The van der Waals surface area contributed by atoms with Gasteiger partial charge < -0.3 is 4.90 Å². The van der Waals surface area contributed by atoms with Crippen LogP contribution >= 0.6 is 23.2 Å². The molecule has 2 aromatic carbocycles. The molecule has 108 valence electrons.